The van der Waals surface area contributed by atoms with Crippen molar-refractivity contribution in [3.05, 3.63) is 42.0 Å². The van der Waals surface area contributed by atoms with E-state index in [2.05, 4.69) is 20.5 Å². The topological polar surface area (TPSA) is 79.9 Å². The minimum Gasteiger partial charge on any atom is -0.494 e. The summed E-state index contributed by atoms with van der Waals surface area (Å²) >= 11 is 0. The molecule has 0 saturated carbocycles. The fourth-order valence-electron chi connectivity index (χ4n) is 1.86. The van der Waals surface area contributed by atoms with Crippen LogP contribution in [0.1, 0.15) is 37.2 Å². The van der Waals surface area contributed by atoms with Gasteiger partial charge in [0.15, 0.2) is 0 Å². The van der Waals surface area contributed by atoms with Gasteiger partial charge >= 0.3 is 0 Å². The number of carbonyl (C=O) groups is 1. The van der Waals surface area contributed by atoms with Gasteiger partial charge in [-0.3, -0.25) is 9.89 Å². The van der Waals surface area contributed by atoms with Gasteiger partial charge in [0.2, 0.25) is 5.91 Å². The van der Waals surface area contributed by atoms with Gasteiger partial charge in [-0.25, -0.2) is 4.98 Å². The molecule has 0 radical (unpaired) electrons. The molecule has 0 aliphatic heterocycles. The molecule has 1 aromatic carbocycles. The van der Waals surface area contributed by atoms with Crippen LogP contribution in [0.4, 0.5) is 0 Å². The van der Waals surface area contributed by atoms with Crippen LogP contribution in [0.3, 0.4) is 0 Å². The number of aromatic amines is 1. The van der Waals surface area contributed by atoms with Gasteiger partial charge in [0.05, 0.1) is 12.6 Å². The first-order chi connectivity index (χ1) is 10.1. The van der Waals surface area contributed by atoms with Crippen molar-refractivity contribution in [3.8, 4) is 5.75 Å². The Balaban J connectivity index is 1.64. The van der Waals surface area contributed by atoms with Gasteiger partial charge in [-0.1, -0.05) is 17.7 Å². The zero-order chi connectivity index (χ0) is 15.1. The zero-order valence-corrected chi connectivity index (χ0v) is 12.3. The van der Waals surface area contributed by atoms with Gasteiger partial charge in [-0.15, -0.1) is 0 Å². The van der Waals surface area contributed by atoms with Crippen LogP contribution in [0, 0.1) is 6.92 Å². The molecule has 0 aliphatic carbocycles. The number of aryl methyl sites for hydroxylation is 1. The second-order valence-corrected chi connectivity index (χ2v) is 4.92. The summed E-state index contributed by atoms with van der Waals surface area (Å²) in [6, 6.07) is 7.70. The summed E-state index contributed by atoms with van der Waals surface area (Å²) in [5.41, 5.74) is 1.20. The molecule has 21 heavy (non-hydrogen) atoms. The van der Waals surface area contributed by atoms with Crippen LogP contribution < -0.4 is 10.1 Å². The lowest BCUT2D eigenvalue weighted by Gasteiger charge is -2.11. The van der Waals surface area contributed by atoms with E-state index in [1.165, 1.54) is 11.9 Å². The number of rotatable bonds is 7. The van der Waals surface area contributed by atoms with E-state index >= 15 is 0 Å². The summed E-state index contributed by atoms with van der Waals surface area (Å²) in [4.78, 5) is 15.8. The molecule has 2 N–H and O–H groups in total. The Hall–Kier alpha value is -2.37. The minimum atomic E-state index is -0.169. The van der Waals surface area contributed by atoms with Crippen LogP contribution in [0.15, 0.2) is 30.6 Å². The summed E-state index contributed by atoms with van der Waals surface area (Å²) in [6.45, 7) is 4.41. The molecular weight excluding hydrogens is 268 g/mol. The summed E-state index contributed by atoms with van der Waals surface area (Å²) in [5, 5.41) is 9.35. The Morgan fingerprint density at radius 3 is 2.81 bits per heavy atom. The number of amides is 1. The second kappa shape index (κ2) is 7.42. The highest BCUT2D eigenvalue weighted by Crippen LogP contribution is 2.12. The van der Waals surface area contributed by atoms with Crippen molar-refractivity contribution in [1.29, 1.82) is 0 Å². The molecule has 2 rings (SSSR count). The predicted molar refractivity (Wildman–Crippen MR) is 78.8 cm³/mol. The number of aromatic nitrogens is 3. The predicted octanol–water partition coefficient (Wildman–Crippen LogP) is 2.15. The number of nitrogens with one attached hydrogen (secondary N) is 2. The molecule has 2 aromatic rings. The number of benzene rings is 1. The Morgan fingerprint density at radius 1 is 1.38 bits per heavy atom. The molecule has 1 amide bonds. The third kappa shape index (κ3) is 4.91. The molecule has 1 unspecified atom stereocenters. The van der Waals surface area contributed by atoms with Crippen LogP contribution in [0.5, 0.6) is 5.75 Å². The molecular formula is C15H20N4O2. The van der Waals surface area contributed by atoms with Crippen LogP contribution in [-0.4, -0.2) is 27.7 Å². The normalized spacial score (nSPS) is 11.9. The van der Waals surface area contributed by atoms with Gasteiger partial charge in [0, 0.05) is 6.42 Å². The van der Waals surface area contributed by atoms with E-state index in [1.807, 2.05) is 38.1 Å². The molecule has 1 aromatic heterocycles. The first-order valence-corrected chi connectivity index (χ1v) is 6.99. The molecule has 1 atom stereocenters. The fourth-order valence-corrected chi connectivity index (χ4v) is 1.86. The first kappa shape index (κ1) is 15.0. The lowest BCUT2D eigenvalue weighted by atomic mass is 10.2. The second-order valence-electron chi connectivity index (χ2n) is 4.92. The van der Waals surface area contributed by atoms with Gasteiger partial charge < -0.3 is 10.1 Å². The number of carbonyl (C=O) groups excluding carboxylic acids is 1. The minimum absolute atomic E-state index is 0.0218. The van der Waals surface area contributed by atoms with Gasteiger partial charge in [0.1, 0.15) is 17.9 Å². The number of hydrogen-bond acceptors (Lipinski definition) is 4. The maximum absolute atomic E-state index is 11.8. The Bertz CT molecular complexity index is 552. The number of ether oxygens (including phenoxy) is 1. The summed E-state index contributed by atoms with van der Waals surface area (Å²) < 4.78 is 5.58. The average Bonchev–Trinajstić information content (AvgIpc) is 3.00. The third-order valence-corrected chi connectivity index (χ3v) is 3.06. The van der Waals surface area contributed by atoms with Crippen LogP contribution in [-0.2, 0) is 4.79 Å². The quantitative estimate of drug-likeness (QED) is 0.765. The highest BCUT2D eigenvalue weighted by Gasteiger charge is 2.11. The molecule has 6 nitrogen and oxygen atoms in total. The molecule has 0 aliphatic rings. The Morgan fingerprint density at radius 2 is 2.14 bits per heavy atom. The van der Waals surface area contributed by atoms with Gasteiger partial charge in [-0.2, -0.15) is 5.10 Å². The molecule has 0 bridgehead atoms. The summed E-state index contributed by atoms with van der Waals surface area (Å²) in [7, 11) is 0. The smallest absolute Gasteiger partial charge is 0.220 e. The Kier molecular flexibility index (Phi) is 5.31. The maximum atomic E-state index is 11.8. The lowest BCUT2D eigenvalue weighted by molar-refractivity contribution is -0.122. The molecule has 112 valence electrons. The van der Waals surface area contributed by atoms with Crippen molar-refractivity contribution in [3.63, 3.8) is 0 Å². The Labute approximate surface area is 123 Å². The average molecular weight is 288 g/mol. The molecule has 0 spiro atoms. The van der Waals surface area contributed by atoms with Crippen molar-refractivity contribution in [2.45, 2.75) is 32.7 Å². The van der Waals surface area contributed by atoms with E-state index in [9.17, 15) is 4.79 Å². The summed E-state index contributed by atoms with van der Waals surface area (Å²) in [5.74, 6) is 1.46. The number of nitrogens with zero attached hydrogens (tertiary/aromatic N) is 2. The highest BCUT2D eigenvalue weighted by molar-refractivity contribution is 5.76. The van der Waals surface area contributed by atoms with Crippen LogP contribution in [0.25, 0.3) is 0 Å². The van der Waals surface area contributed by atoms with Crippen molar-refractivity contribution in [1.82, 2.24) is 20.5 Å². The van der Waals surface area contributed by atoms with E-state index < -0.39 is 0 Å². The largest absolute Gasteiger partial charge is 0.494 e. The standard InChI is InChI=1S/C15H20N4O2/c1-11-5-7-13(8-6-11)21-9-3-4-14(20)18-12(2)15-16-10-17-19-15/h5-8,10,12H,3-4,9H2,1-2H3,(H,18,20)(H,16,17,19). The van der Waals surface area contributed by atoms with Crippen molar-refractivity contribution in [2.24, 2.45) is 0 Å². The third-order valence-electron chi connectivity index (χ3n) is 3.06. The van der Waals surface area contributed by atoms with Crippen LogP contribution >= 0.6 is 0 Å². The molecule has 1 heterocycles. The SMILES string of the molecule is Cc1ccc(OCCCC(=O)NC(C)c2ncn[nH]2)cc1. The van der Waals surface area contributed by atoms with Crippen molar-refractivity contribution in [2.75, 3.05) is 6.61 Å². The molecule has 6 heteroatoms. The van der Waals surface area contributed by atoms with E-state index in [-0.39, 0.29) is 11.9 Å². The first-order valence-electron chi connectivity index (χ1n) is 6.99. The maximum Gasteiger partial charge on any atom is 0.220 e. The summed E-state index contributed by atoms with van der Waals surface area (Å²) in [6.07, 6.45) is 2.51. The fraction of sp³-hybridized carbons (Fsp3) is 0.400. The molecule has 0 fully saturated rings. The van der Waals surface area contributed by atoms with Crippen molar-refractivity contribution >= 4 is 5.91 Å². The highest BCUT2D eigenvalue weighted by atomic mass is 16.5. The lowest BCUT2D eigenvalue weighted by Crippen LogP contribution is -2.27. The van der Waals surface area contributed by atoms with E-state index in [1.54, 1.807) is 0 Å². The monoisotopic (exact) mass is 288 g/mol. The van der Waals surface area contributed by atoms with Gasteiger partial charge in [-0.05, 0) is 32.4 Å². The number of hydrogen-bond donors (Lipinski definition) is 2. The van der Waals surface area contributed by atoms with E-state index in [0.29, 0.717) is 25.3 Å². The van der Waals surface area contributed by atoms with Crippen molar-refractivity contribution < 1.29 is 9.53 Å². The van der Waals surface area contributed by atoms with Gasteiger partial charge in [0.25, 0.3) is 0 Å². The van der Waals surface area contributed by atoms with E-state index in [4.69, 9.17) is 4.74 Å². The molecule has 0 saturated heterocycles. The zero-order valence-electron chi connectivity index (χ0n) is 12.3. The van der Waals surface area contributed by atoms with Crippen LogP contribution in [0.2, 0.25) is 0 Å². The number of H-pyrrole nitrogens is 1. The van der Waals surface area contributed by atoms with E-state index in [0.717, 1.165) is 5.75 Å².